The van der Waals surface area contributed by atoms with Crippen molar-refractivity contribution in [2.75, 3.05) is 4.90 Å². The van der Waals surface area contributed by atoms with Gasteiger partial charge >= 0.3 is 0 Å². The Hall–Kier alpha value is -2.65. The van der Waals surface area contributed by atoms with Crippen LogP contribution in [0.3, 0.4) is 0 Å². The molecule has 1 aliphatic heterocycles. The summed E-state index contributed by atoms with van der Waals surface area (Å²) in [6, 6.07) is 19.3. The number of carbonyl (C=O) groups is 1. The average molecular weight is 335 g/mol. The highest BCUT2D eigenvalue weighted by Crippen LogP contribution is 2.43. The van der Waals surface area contributed by atoms with Gasteiger partial charge in [-0.15, -0.1) is 0 Å². The molecule has 3 nitrogen and oxygen atoms in total. The number of rotatable bonds is 3. The van der Waals surface area contributed by atoms with Crippen LogP contribution in [0, 0.1) is 0 Å². The number of nitrogens with zero attached hydrogens (tertiary/aromatic N) is 2. The number of fused-ring (bicyclic) bond motifs is 1. The first kappa shape index (κ1) is 14.9. The zero-order valence-corrected chi connectivity index (χ0v) is 13.6. The largest absolute Gasteiger partial charge is 0.280 e. The van der Waals surface area contributed by atoms with Gasteiger partial charge < -0.3 is 0 Å². The van der Waals surface area contributed by atoms with Crippen molar-refractivity contribution in [3.05, 3.63) is 89.2 Å². The summed E-state index contributed by atoms with van der Waals surface area (Å²) in [4.78, 5) is 19.0. The molecule has 0 spiro atoms. The van der Waals surface area contributed by atoms with Crippen molar-refractivity contribution in [1.29, 1.82) is 0 Å². The Kier molecular flexibility index (Phi) is 3.79. The van der Waals surface area contributed by atoms with Gasteiger partial charge in [0.15, 0.2) is 0 Å². The van der Waals surface area contributed by atoms with Gasteiger partial charge in [0, 0.05) is 17.4 Å². The maximum Gasteiger partial charge on any atom is 0.239 e. The molecule has 0 N–H and O–H groups in total. The Labute approximate surface area is 145 Å². The number of aromatic nitrogens is 1. The molecule has 1 unspecified atom stereocenters. The highest BCUT2D eigenvalue weighted by molar-refractivity contribution is 6.31. The molecule has 118 valence electrons. The molecule has 4 rings (SSSR count). The lowest BCUT2D eigenvalue weighted by Crippen LogP contribution is -2.24. The number of carbonyl (C=O) groups excluding carboxylic acids is 1. The Morgan fingerprint density at radius 1 is 1.00 bits per heavy atom. The van der Waals surface area contributed by atoms with Crippen molar-refractivity contribution in [1.82, 2.24) is 4.98 Å². The van der Waals surface area contributed by atoms with E-state index in [0.29, 0.717) is 11.4 Å². The van der Waals surface area contributed by atoms with Crippen LogP contribution in [0.1, 0.15) is 17.0 Å². The summed E-state index contributed by atoms with van der Waals surface area (Å²) in [6.45, 7) is 0. The number of pyridine rings is 1. The van der Waals surface area contributed by atoms with E-state index in [1.54, 1.807) is 17.3 Å². The summed E-state index contributed by atoms with van der Waals surface area (Å²) in [7, 11) is 0. The van der Waals surface area contributed by atoms with Crippen molar-refractivity contribution >= 4 is 28.9 Å². The van der Waals surface area contributed by atoms with E-state index in [4.69, 9.17) is 11.6 Å². The average Bonchev–Trinajstić information content (AvgIpc) is 2.88. The number of hydrogen-bond donors (Lipinski definition) is 0. The highest BCUT2D eigenvalue weighted by atomic mass is 35.5. The molecule has 0 aliphatic carbocycles. The van der Waals surface area contributed by atoms with Gasteiger partial charge in [-0.1, -0.05) is 35.9 Å². The Morgan fingerprint density at radius 3 is 2.58 bits per heavy atom. The van der Waals surface area contributed by atoms with Gasteiger partial charge in [0.25, 0.3) is 0 Å². The predicted octanol–water partition coefficient (Wildman–Crippen LogP) is 4.74. The zero-order chi connectivity index (χ0) is 16.5. The highest BCUT2D eigenvalue weighted by Gasteiger charge is 2.37. The van der Waals surface area contributed by atoms with E-state index in [0.717, 1.165) is 22.5 Å². The fourth-order valence-corrected chi connectivity index (χ4v) is 3.41. The lowest BCUT2D eigenvalue weighted by molar-refractivity contribution is -0.118. The molecule has 24 heavy (non-hydrogen) atoms. The lowest BCUT2D eigenvalue weighted by Gasteiger charge is -2.18. The van der Waals surface area contributed by atoms with Crippen LogP contribution in [0.25, 0.3) is 0 Å². The zero-order valence-electron chi connectivity index (χ0n) is 12.9. The van der Waals surface area contributed by atoms with Crippen LogP contribution < -0.4 is 4.90 Å². The molecule has 0 saturated carbocycles. The number of anilines is 2. The molecular weight excluding hydrogens is 320 g/mol. The number of halogens is 1. The summed E-state index contributed by atoms with van der Waals surface area (Å²) >= 11 is 6.12. The molecule has 1 amide bonds. The van der Waals surface area contributed by atoms with Gasteiger partial charge in [0.1, 0.15) is 0 Å². The molecule has 1 aliphatic rings. The third kappa shape index (κ3) is 2.57. The molecular formula is C20H15ClN2O. The number of benzene rings is 2. The van der Waals surface area contributed by atoms with Crippen LogP contribution in [-0.2, 0) is 11.2 Å². The maximum absolute atomic E-state index is 13.1. The Bertz CT molecular complexity index is 895. The van der Waals surface area contributed by atoms with Crippen LogP contribution in [-0.4, -0.2) is 10.9 Å². The van der Waals surface area contributed by atoms with Crippen molar-refractivity contribution in [2.24, 2.45) is 0 Å². The number of amides is 1. The monoisotopic (exact) mass is 334 g/mol. The first-order valence-corrected chi connectivity index (χ1v) is 8.19. The second-order valence-electron chi connectivity index (χ2n) is 5.82. The minimum atomic E-state index is -0.192. The second kappa shape index (κ2) is 6.10. The molecule has 2 aromatic carbocycles. The van der Waals surface area contributed by atoms with E-state index in [9.17, 15) is 4.79 Å². The number of hydrogen-bond acceptors (Lipinski definition) is 2. The van der Waals surface area contributed by atoms with Gasteiger partial charge in [0.05, 0.1) is 17.3 Å². The van der Waals surface area contributed by atoms with Gasteiger partial charge in [-0.05, 0) is 53.9 Å². The topological polar surface area (TPSA) is 33.2 Å². The Balaban J connectivity index is 1.77. The molecule has 1 atom stereocenters. The first-order valence-electron chi connectivity index (χ1n) is 7.81. The molecule has 4 heteroatoms. The second-order valence-corrected chi connectivity index (χ2v) is 6.26. The fraction of sp³-hybridized carbons (Fsp3) is 0.100. The van der Waals surface area contributed by atoms with Crippen molar-refractivity contribution in [2.45, 2.75) is 12.3 Å². The van der Waals surface area contributed by atoms with E-state index in [1.807, 2.05) is 60.7 Å². The predicted molar refractivity (Wildman–Crippen MR) is 95.7 cm³/mol. The van der Waals surface area contributed by atoms with E-state index in [-0.39, 0.29) is 11.8 Å². The molecule has 0 fully saturated rings. The summed E-state index contributed by atoms with van der Waals surface area (Å²) < 4.78 is 0. The van der Waals surface area contributed by atoms with Crippen LogP contribution in [0.2, 0.25) is 5.02 Å². The van der Waals surface area contributed by atoms with Crippen molar-refractivity contribution in [3.63, 3.8) is 0 Å². The quantitative estimate of drug-likeness (QED) is 0.693. The smallest absolute Gasteiger partial charge is 0.239 e. The minimum absolute atomic E-state index is 0.0790. The first-order chi connectivity index (χ1) is 11.7. The van der Waals surface area contributed by atoms with Crippen molar-refractivity contribution in [3.8, 4) is 0 Å². The summed E-state index contributed by atoms with van der Waals surface area (Å²) in [5, 5.41) is 0.621. The van der Waals surface area contributed by atoms with Gasteiger partial charge in [-0.25, -0.2) is 0 Å². The van der Waals surface area contributed by atoms with Gasteiger partial charge in [-0.3, -0.25) is 14.7 Å². The van der Waals surface area contributed by atoms with E-state index in [1.165, 1.54) is 0 Å². The van der Waals surface area contributed by atoms with E-state index in [2.05, 4.69) is 4.98 Å². The standard InChI is InChI=1S/C20H15ClN2O/c21-15-4-3-5-16(13-15)23-19-7-2-1-6-17(19)18(20(23)24)12-14-8-10-22-11-9-14/h1-11,13,18H,12H2. The normalized spacial score (nSPS) is 16.3. The van der Waals surface area contributed by atoms with E-state index < -0.39 is 0 Å². The lowest BCUT2D eigenvalue weighted by atomic mass is 9.94. The molecule has 0 bridgehead atoms. The third-order valence-electron chi connectivity index (χ3n) is 4.33. The molecule has 2 heterocycles. The summed E-state index contributed by atoms with van der Waals surface area (Å²) in [6.07, 6.45) is 4.18. The van der Waals surface area contributed by atoms with Crippen LogP contribution in [0.4, 0.5) is 11.4 Å². The SMILES string of the molecule is O=C1C(Cc2ccncc2)c2ccccc2N1c1cccc(Cl)c1. The number of para-hydroxylation sites is 1. The van der Waals surface area contributed by atoms with Crippen LogP contribution in [0.5, 0.6) is 0 Å². The fourth-order valence-electron chi connectivity index (χ4n) is 3.23. The third-order valence-corrected chi connectivity index (χ3v) is 4.56. The maximum atomic E-state index is 13.1. The van der Waals surface area contributed by atoms with Crippen LogP contribution >= 0.6 is 11.6 Å². The molecule has 3 aromatic rings. The minimum Gasteiger partial charge on any atom is -0.280 e. The Morgan fingerprint density at radius 2 is 1.79 bits per heavy atom. The van der Waals surface area contributed by atoms with Crippen molar-refractivity contribution < 1.29 is 4.79 Å². The van der Waals surface area contributed by atoms with Gasteiger partial charge in [-0.2, -0.15) is 0 Å². The molecule has 0 radical (unpaired) electrons. The molecule has 1 aromatic heterocycles. The molecule has 0 saturated heterocycles. The van der Waals surface area contributed by atoms with Gasteiger partial charge in [0.2, 0.25) is 5.91 Å². The van der Waals surface area contributed by atoms with E-state index >= 15 is 0 Å². The summed E-state index contributed by atoms with van der Waals surface area (Å²) in [5.74, 6) is -0.113. The van der Waals surface area contributed by atoms with Crippen LogP contribution in [0.15, 0.2) is 73.1 Å². The summed E-state index contributed by atoms with van der Waals surface area (Å²) in [5.41, 5.74) is 3.89.